The third-order valence-corrected chi connectivity index (χ3v) is 11.5. The van der Waals surface area contributed by atoms with Gasteiger partial charge in [-0.05, 0) is 116 Å². The van der Waals surface area contributed by atoms with Crippen LogP contribution < -0.4 is 14.8 Å². The van der Waals surface area contributed by atoms with Gasteiger partial charge in [0.05, 0.1) is 14.2 Å². The topological polar surface area (TPSA) is 50.8 Å². The molecule has 1 aliphatic carbocycles. The van der Waals surface area contributed by atoms with Gasteiger partial charge >= 0.3 is 0 Å². The monoisotopic (exact) mass is 690 g/mol. The Kier molecular flexibility index (Phi) is 12.8. The van der Waals surface area contributed by atoms with Crippen molar-refractivity contribution >= 4 is 5.91 Å². The zero-order valence-electron chi connectivity index (χ0n) is 30.5. The maximum Gasteiger partial charge on any atom is 0.220 e. The van der Waals surface area contributed by atoms with E-state index in [2.05, 4.69) is 83.0 Å². The molecule has 4 aromatic rings. The highest BCUT2D eigenvalue weighted by Gasteiger charge is 2.37. The van der Waals surface area contributed by atoms with Crippen molar-refractivity contribution in [3.8, 4) is 11.5 Å². The summed E-state index contributed by atoms with van der Waals surface area (Å²) in [5, 5.41) is 3.18. The molecular formula is C45H55FN2O3. The zero-order valence-corrected chi connectivity index (χ0v) is 30.5. The highest BCUT2D eigenvalue weighted by molar-refractivity contribution is 5.76. The van der Waals surface area contributed by atoms with Gasteiger partial charge in [-0.25, -0.2) is 4.39 Å². The van der Waals surface area contributed by atoms with Crippen LogP contribution in [-0.4, -0.2) is 44.7 Å². The van der Waals surface area contributed by atoms with Crippen LogP contribution in [0.1, 0.15) is 98.1 Å². The van der Waals surface area contributed by atoms with Crippen LogP contribution in [-0.2, 0) is 23.1 Å². The number of ether oxygens (including phenoxy) is 2. The summed E-state index contributed by atoms with van der Waals surface area (Å²) in [4.78, 5) is 15.6. The average molecular weight is 691 g/mol. The first-order valence-corrected chi connectivity index (χ1v) is 19.1. The fraction of sp³-hybridized carbons (Fsp3) is 0.444. The van der Waals surface area contributed by atoms with E-state index in [0.717, 1.165) is 62.3 Å². The summed E-state index contributed by atoms with van der Waals surface area (Å²) in [7, 11) is 3.47. The van der Waals surface area contributed by atoms with Crippen LogP contribution >= 0.6 is 0 Å². The number of carbonyl (C=O) groups excluding carboxylic acids is 1. The number of amides is 1. The number of fused-ring (bicyclic) bond motifs is 1. The van der Waals surface area contributed by atoms with Crippen molar-refractivity contribution in [3.63, 3.8) is 0 Å². The molecule has 4 aromatic carbocycles. The number of carbonyl (C=O) groups is 1. The predicted molar refractivity (Wildman–Crippen MR) is 204 cm³/mol. The van der Waals surface area contributed by atoms with E-state index >= 15 is 0 Å². The van der Waals surface area contributed by atoms with Crippen molar-refractivity contribution in [2.75, 3.05) is 33.9 Å². The number of nitrogens with zero attached hydrogens (tertiary/aromatic N) is 1. The number of methoxy groups -OCH3 is 2. The molecule has 270 valence electrons. The molecule has 0 radical (unpaired) electrons. The molecule has 0 saturated heterocycles. The minimum Gasteiger partial charge on any atom is -0.493 e. The summed E-state index contributed by atoms with van der Waals surface area (Å²) < 4.78 is 24.8. The highest BCUT2D eigenvalue weighted by Crippen LogP contribution is 2.46. The second kappa shape index (κ2) is 17.9. The summed E-state index contributed by atoms with van der Waals surface area (Å²) in [5.74, 6) is 2.09. The third kappa shape index (κ3) is 9.02. The Morgan fingerprint density at radius 1 is 0.824 bits per heavy atom. The van der Waals surface area contributed by atoms with Gasteiger partial charge in [0.2, 0.25) is 5.91 Å². The molecule has 0 aromatic heterocycles. The zero-order chi connectivity index (χ0) is 35.5. The van der Waals surface area contributed by atoms with Crippen LogP contribution in [0.3, 0.4) is 0 Å². The van der Waals surface area contributed by atoms with Crippen molar-refractivity contribution in [2.24, 2.45) is 5.92 Å². The number of aryl methyl sites for hydroxylation is 1. The van der Waals surface area contributed by atoms with Crippen LogP contribution in [0, 0.1) is 11.7 Å². The van der Waals surface area contributed by atoms with E-state index in [0.29, 0.717) is 31.3 Å². The average Bonchev–Trinajstić information content (AvgIpc) is 3.18. The van der Waals surface area contributed by atoms with Crippen LogP contribution in [0.15, 0.2) is 97.1 Å². The van der Waals surface area contributed by atoms with Gasteiger partial charge in [-0.15, -0.1) is 0 Å². The van der Waals surface area contributed by atoms with Crippen LogP contribution in [0.2, 0.25) is 0 Å². The predicted octanol–water partition coefficient (Wildman–Crippen LogP) is 9.62. The molecule has 6 rings (SSSR count). The lowest BCUT2D eigenvalue weighted by Gasteiger charge is -2.44. The molecule has 1 aliphatic heterocycles. The molecule has 1 fully saturated rings. The summed E-state index contributed by atoms with van der Waals surface area (Å²) in [6.07, 6.45) is 12.4. The first kappa shape index (κ1) is 36.6. The third-order valence-electron chi connectivity index (χ3n) is 11.5. The number of nitrogens with one attached hydrogen (secondary N) is 1. The summed E-state index contributed by atoms with van der Waals surface area (Å²) in [6.45, 7) is 2.72. The van der Waals surface area contributed by atoms with Crippen LogP contribution in [0.5, 0.6) is 11.5 Å². The van der Waals surface area contributed by atoms with E-state index in [-0.39, 0.29) is 17.1 Å². The van der Waals surface area contributed by atoms with Gasteiger partial charge in [0.15, 0.2) is 11.5 Å². The molecule has 1 heterocycles. The molecule has 1 unspecified atom stereocenters. The standard InChI is InChI=1S/C45H55FN2O3/c1-50-41-32-36-26-31-48(44(35-14-6-3-7-15-35)40(36)33-42(41)51-2)30-13-28-45(37-16-8-4-9-17-37,38-18-10-5-11-19-38)27-12-29-47-43(49)25-22-34-20-23-39(46)24-21-34/h4-5,8-11,16-21,23-24,32-33,35,44H,3,6-7,12-15,22,25-31H2,1-2H3,(H,47,49). The van der Waals surface area contributed by atoms with E-state index in [9.17, 15) is 9.18 Å². The van der Waals surface area contributed by atoms with Crippen LogP contribution in [0.25, 0.3) is 0 Å². The van der Waals surface area contributed by atoms with E-state index in [4.69, 9.17) is 9.47 Å². The van der Waals surface area contributed by atoms with E-state index in [1.165, 1.54) is 66.5 Å². The molecule has 1 amide bonds. The molecule has 0 bridgehead atoms. The summed E-state index contributed by atoms with van der Waals surface area (Å²) in [6, 6.07) is 33.3. The van der Waals surface area contributed by atoms with Crippen molar-refractivity contribution in [3.05, 3.63) is 131 Å². The van der Waals surface area contributed by atoms with E-state index in [1.54, 1.807) is 26.4 Å². The second-order valence-electron chi connectivity index (χ2n) is 14.5. The Labute approximate surface area is 304 Å². The minimum atomic E-state index is -0.254. The Bertz CT molecular complexity index is 1630. The summed E-state index contributed by atoms with van der Waals surface area (Å²) in [5.41, 5.74) is 6.30. The lowest BCUT2D eigenvalue weighted by atomic mass is 9.68. The highest BCUT2D eigenvalue weighted by atomic mass is 19.1. The molecular weight excluding hydrogens is 636 g/mol. The van der Waals surface area contributed by atoms with Gasteiger partial charge in [-0.2, -0.15) is 0 Å². The molecule has 51 heavy (non-hydrogen) atoms. The Morgan fingerprint density at radius 3 is 2.10 bits per heavy atom. The van der Waals surface area contributed by atoms with Gasteiger partial charge in [0.1, 0.15) is 5.82 Å². The number of hydrogen-bond donors (Lipinski definition) is 1. The number of rotatable bonds is 16. The normalized spacial score (nSPS) is 16.7. The van der Waals surface area contributed by atoms with Crippen molar-refractivity contribution in [2.45, 2.75) is 88.5 Å². The molecule has 2 aliphatic rings. The summed E-state index contributed by atoms with van der Waals surface area (Å²) >= 11 is 0. The molecule has 5 nitrogen and oxygen atoms in total. The minimum absolute atomic E-state index is 0.0396. The maximum absolute atomic E-state index is 13.3. The SMILES string of the molecule is COc1cc2c(cc1OC)C(C1CCCCC1)N(CCCC(CCCNC(=O)CCc1ccc(F)cc1)(c1ccccc1)c1ccccc1)CC2. The maximum atomic E-state index is 13.3. The van der Waals surface area contributed by atoms with Gasteiger partial charge in [-0.3, -0.25) is 9.69 Å². The van der Waals surface area contributed by atoms with Gasteiger partial charge in [0.25, 0.3) is 0 Å². The Morgan fingerprint density at radius 2 is 1.45 bits per heavy atom. The van der Waals surface area contributed by atoms with E-state index in [1.807, 2.05) is 0 Å². The second-order valence-corrected chi connectivity index (χ2v) is 14.5. The van der Waals surface area contributed by atoms with Crippen molar-refractivity contribution < 1.29 is 18.7 Å². The Balaban J connectivity index is 1.19. The first-order chi connectivity index (χ1) is 25.0. The van der Waals surface area contributed by atoms with Gasteiger partial charge < -0.3 is 14.8 Å². The van der Waals surface area contributed by atoms with Crippen LogP contribution in [0.4, 0.5) is 4.39 Å². The fourth-order valence-corrected chi connectivity index (χ4v) is 8.86. The first-order valence-electron chi connectivity index (χ1n) is 19.1. The smallest absolute Gasteiger partial charge is 0.220 e. The lowest BCUT2D eigenvalue weighted by Crippen LogP contribution is -2.41. The van der Waals surface area contributed by atoms with Gasteiger partial charge in [0, 0.05) is 31.0 Å². The van der Waals surface area contributed by atoms with Crippen molar-refractivity contribution in [1.29, 1.82) is 0 Å². The van der Waals surface area contributed by atoms with Gasteiger partial charge in [-0.1, -0.05) is 92.1 Å². The molecule has 1 saturated carbocycles. The largest absolute Gasteiger partial charge is 0.493 e. The number of benzene rings is 4. The molecule has 1 atom stereocenters. The lowest BCUT2D eigenvalue weighted by molar-refractivity contribution is -0.121. The Hall–Kier alpha value is -4.16. The quantitative estimate of drug-likeness (QED) is 0.119. The molecule has 1 N–H and O–H groups in total. The number of hydrogen-bond acceptors (Lipinski definition) is 4. The van der Waals surface area contributed by atoms with E-state index < -0.39 is 0 Å². The molecule has 0 spiro atoms. The molecule has 6 heteroatoms. The number of halogens is 1. The fourth-order valence-electron chi connectivity index (χ4n) is 8.86. The van der Waals surface area contributed by atoms with Crippen molar-refractivity contribution in [1.82, 2.24) is 10.2 Å².